The number of hydrogen-bond acceptors (Lipinski definition) is 2. The highest BCUT2D eigenvalue weighted by Crippen LogP contribution is 2.03. The van der Waals surface area contributed by atoms with Gasteiger partial charge >= 0.3 is 0 Å². The zero-order valence-corrected chi connectivity index (χ0v) is 11.0. The molecule has 1 N–H and O–H groups in total. The van der Waals surface area contributed by atoms with Gasteiger partial charge in [-0.1, -0.05) is 18.9 Å². The molecule has 0 unspecified atom stereocenters. The summed E-state index contributed by atoms with van der Waals surface area (Å²) in [5.41, 5.74) is 1.43. The minimum atomic E-state index is -0.0829. The number of amides is 1. The van der Waals surface area contributed by atoms with Gasteiger partial charge in [0, 0.05) is 18.6 Å². The van der Waals surface area contributed by atoms with Crippen molar-refractivity contribution in [1.29, 1.82) is 0 Å². The predicted molar refractivity (Wildman–Crippen MR) is 70.5 cm³/mol. The lowest BCUT2D eigenvalue weighted by molar-refractivity contribution is 0.0947. The number of aromatic nitrogens is 1. The van der Waals surface area contributed by atoms with Gasteiger partial charge < -0.3 is 5.32 Å². The molecule has 1 aromatic rings. The van der Waals surface area contributed by atoms with E-state index in [9.17, 15) is 4.79 Å². The molecule has 1 rings (SSSR count). The van der Waals surface area contributed by atoms with E-state index in [-0.39, 0.29) is 5.91 Å². The summed E-state index contributed by atoms with van der Waals surface area (Å²) in [7, 11) is 0. The molecule has 0 aromatic carbocycles. The Balaban J connectivity index is 2.24. The van der Waals surface area contributed by atoms with Crippen molar-refractivity contribution < 1.29 is 4.79 Å². The molecule has 0 aliphatic heterocycles. The van der Waals surface area contributed by atoms with Crippen molar-refractivity contribution in [2.45, 2.75) is 32.6 Å². The van der Waals surface area contributed by atoms with Crippen molar-refractivity contribution in [3.8, 4) is 0 Å². The van der Waals surface area contributed by atoms with Crippen LogP contribution in [0, 0.1) is 6.92 Å². The highest BCUT2D eigenvalue weighted by Gasteiger charge is 2.08. The molecule has 94 valence electrons. The van der Waals surface area contributed by atoms with Gasteiger partial charge in [-0.25, -0.2) is 0 Å². The highest BCUT2D eigenvalue weighted by atomic mass is 35.5. The van der Waals surface area contributed by atoms with E-state index in [2.05, 4.69) is 10.3 Å². The number of aryl methyl sites for hydroxylation is 1. The van der Waals surface area contributed by atoms with Crippen LogP contribution < -0.4 is 5.32 Å². The number of nitrogens with one attached hydrogen (secondary N) is 1. The van der Waals surface area contributed by atoms with Crippen LogP contribution in [0.15, 0.2) is 18.3 Å². The largest absolute Gasteiger partial charge is 0.351 e. The van der Waals surface area contributed by atoms with Crippen molar-refractivity contribution in [3.63, 3.8) is 0 Å². The standard InChI is InChI=1S/C13H19ClN2O/c1-11-7-6-10-15-12(11)13(17)16-9-5-3-2-4-8-14/h6-7,10H,2-5,8-9H2,1H3,(H,16,17). The van der Waals surface area contributed by atoms with Gasteiger partial charge in [-0.05, 0) is 31.4 Å². The molecular weight excluding hydrogens is 236 g/mol. The van der Waals surface area contributed by atoms with Crippen LogP contribution >= 0.6 is 11.6 Å². The molecule has 4 heteroatoms. The average molecular weight is 255 g/mol. The summed E-state index contributed by atoms with van der Waals surface area (Å²) in [4.78, 5) is 15.8. The maximum atomic E-state index is 11.8. The Labute approximate surface area is 108 Å². The van der Waals surface area contributed by atoms with E-state index in [0.29, 0.717) is 12.2 Å². The first-order valence-electron chi connectivity index (χ1n) is 6.01. The van der Waals surface area contributed by atoms with Gasteiger partial charge in [0.1, 0.15) is 5.69 Å². The molecule has 0 radical (unpaired) electrons. The second kappa shape index (κ2) is 8.07. The lowest BCUT2D eigenvalue weighted by Gasteiger charge is -2.06. The van der Waals surface area contributed by atoms with E-state index in [1.165, 1.54) is 0 Å². The fraction of sp³-hybridized carbons (Fsp3) is 0.538. The van der Waals surface area contributed by atoms with Crippen LogP contribution in [0.2, 0.25) is 0 Å². The van der Waals surface area contributed by atoms with E-state index < -0.39 is 0 Å². The molecule has 0 aliphatic rings. The summed E-state index contributed by atoms with van der Waals surface area (Å²) in [6.07, 6.45) is 5.92. The monoisotopic (exact) mass is 254 g/mol. The first-order valence-corrected chi connectivity index (χ1v) is 6.55. The average Bonchev–Trinajstić information content (AvgIpc) is 2.34. The Kier molecular flexibility index (Phi) is 6.63. The number of carbonyl (C=O) groups is 1. The molecular formula is C13H19ClN2O. The summed E-state index contributed by atoms with van der Waals surface area (Å²) in [5, 5.41) is 2.88. The second-order valence-electron chi connectivity index (χ2n) is 4.03. The number of unbranched alkanes of at least 4 members (excludes halogenated alkanes) is 3. The smallest absolute Gasteiger partial charge is 0.270 e. The molecule has 0 fully saturated rings. The minimum Gasteiger partial charge on any atom is -0.351 e. The van der Waals surface area contributed by atoms with Gasteiger partial charge in [0.25, 0.3) is 5.91 Å². The Hall–Kier alpha value is -1.09. The number of rotatable bonds is 7. The van der Waals surface area contributed by atoms with Crippen LogP contribution in [0.25, 0.3) is 0 Å². The van der Waals surface area contributed by atoms with Crippen LogP contribution in [-0.2, 0) is 0 Å². The third-order valence-corrected chi connectivity index (χ3v) is 2.84. The SMILES string of the molecule is Cc1cccnc1C(=O)NCCCCCCCl. The molecule has 0 aliphatic carbocycles. The Morgan fingerprint density at radius 1 is 1.35 bits per heavy atom. The van der Waals surface area contributed by atoms with Gasteiger partial charge in [0.2, 0.25) is 0 Å². The van der Waals surface area contributed by atoms with Crippen LogP contribution in [-0.4, -0.2) is 23.3 Å². The van der Waals surface area contributed by atoms with E-state index in [0.717, 1.165) is 37.1 Å². The van der Waals surface area contributed by atoms with Crippen LogP contribution in [0.5, 0.6) is 0 Å². The quantitative estimate of drug-likeness (QED) is 0.601. The Bertz CT molecular complexity index is 355. The molecule has 3 nitrogen and oxygen atoms in total. The summed E-state index contributed by atoms with van der Waals surface area (Å²) in [6.45, 7) is 2.60. The fourth-order valence-electron chi connectivity index (χ4n) is 1.58. The van der Waals surface area contributed by atoms with Gasteiger partial charge in [-0.2, -0.15) is 0 Å². The summed E-state index contributed by atoms with van der Waals surface area (Å²) >= 11 is 5.58. The number of halogens is 1. The second-order valence-corrected chi connectivity index (χ2v) is 4.41. The predicted octanol–water partition coefficient (Wildman–Crippen LogP) is 2.92. The lowest BCUT2D eigenvalue weighted by atomic mass is 10.2. The van der Waals surface area contributed by atoms with Crippen molar-refractivity contribution in [3.05, 3.63) is 29.6 Å². The van der Waals surface area contributed by atoms with E-state index in [1.54, 1.807) is 6.20 Å². The maximum absolute atomic E-state index is 11.8. The third kappa shape index (κ3) is 5.18. The number of hydrogen-bond donors (Lipinski definition) is 1. The van der Waals surface area contributed by atoms with Gasteiger partial charge in [0.05, 0.1) is 0 Å². The Morgan fingerprint density at radius 2 is 2.12 bits per heavy atom. The van der Waals surface area contributed by atoms with Crippen molar-refractivity contribution in [2.75, 3.05) is 12.4 Å². The maximum Gasteiger partial charge on any atom is 0.270 e. The molecule has 0 spiro atoms. The zero-order chi connectivity index (χ0) is 12.5. The summed E-state index contributed by atoms with van der Waals surface area (Å²) in [5.74, 6) is 0.639. The number of pyridine rings is 1. The molecule has 0 bridgehead atoms. The van der Waals surface area contributed by atoms with Crippen molar-refractivity contribution >= 4 is 17.5 Å². The topological polar surface area (TPSA) is 42.0 Å². The van der Waals surface area contributed by atoms with Crippen molar-refractivity contribution in [1.82, 2.24) is 10.3 Å². The van der Waals surface area contributed by atoms with Crippen molar-refractivity contribution in [2.24, 2.45) is 0 Å². The normalized spacial score (nSPS) is 10.2. The van der Waals surface area contributed by atoms with E-state index in [1.807, 2.05) is 19.1 Å². The molecule has 1 aromatic heterocycles. The number of carbonyl (C=O) groups excluding carboxylic acids is 1. The molecule has 0 atom stereocenters. The number of alkyl halides is 1. The lowest BCUT2D eigenvalue weighted by Crippen LogP contribution is -2.26. The summed E-state index contributed by atoms with van der Waals surface area (Å²) in [6, 6.07) is 3.72. The molecule has 17 heavy (non-hydrogen) atoms. The first-order chi connectivity index (χ1) is 8.25. The van der Waals surface area contributed by atoms with E-state index in [4.69, 9.17) is 11.6 Å². The number of nitrogens with zero attached hydrogens (tertiary/aromatic N) is 1. The van der Waals surface area contributed by atoms with E-state index >= 15 is 0 Å². The van der Waals surface area contributed by atoms with Crippen LogP contribution in [0.3, 0.4) is 0 Å². The Morgan fingerprint density at radius 3 is 2.82 bits per heavy atom. The molecule has 0 saturated carbocycles. The van der Waals surface area contributed by atoms with Gasteiger partial charge in [-0.15, -0.1) is 11.6 Å². The molecule has 1 heterocycles. The van der Waals surface area contributed by atoms with Gasteiger partial charge in [-0.3, -0.25) is 9.78 Å². The third-order valence-electron chi connectivity index (χ3n) is 2.57. The zero-order valence-electron chi connectivity index (χ0n) is 10.2. The van der Waals surface area contributed by atoms with Gasteiger partial charge in [0.15, 0.2) is 0 Å². The fourth-order valence-corrected chi connectivity index (χ4v) is 1.77. The highest BCUT2D eigenvalue weighted by molar-refractivity contribution is 6.17. The summed E-state index contributed by atoms with van der Waals surface area (Å²) < 4.78 is 0. The first kappa shape index (κ1) is 14.0. The molecule has 1 amide bonds. The van der Waals surface area contributed by atoms with Crippen LogP contribution in [0.4, 0.5) is 0 Å². The molecule has 0 saturated heterocycles. The van der Waals surface area contributed by atoms with Crippen LogP contribution in [0.1, 0.15) is 41.7 Å². The minimum absolute atomic E-state index is 0.0829.